The van der Waals surface area contributed by atoms with Crippen LogP contribution < -0.4 is 10.6 Å². The zero-order valence-electron chi connectivity index (χ0n) is 10.7. The molecular weight excluding hydrogens is 263 g/mol. The van der Waals surface area contributed by atoms with Crippen molar-refractivity contribution in [2.75, 3.05) is 13.1 Å². The highest BCUT2D eigenvalue weighted by Gasteiger charge is 2.19. The van der Waals surface area contributed by atoms with Gasteiger partial charge in [-0.15, -0.1) is 24.8 Å². The Bertz CT molecular complexity index is 212. The molecule has 4 nitrogen and oxygen atoms in total. The predicted molar refractivity (Wildman–Crippen MR) is 74.4 cm³/mol. The van der Waals surface area contributed by atoms with Crippen molar-refractivity contribution in [3.63, 3.8) is 0 Å². The van der Waals surface area contributed by atoms with Crippen molar-refractivity contribution in [2.45, 2.75) is 51.7 Å². The molecule has 0 aliphatic carbocycles. The number of halogens is 2. The van der Waals surface area contributed by atoms with Crippen molar-refractivity contribution in [2.24, 2.45) is 0 Å². The lowest BCUT2D eigenvalue weighted by atomic mass is 10.1. The van der Waals surface area contributed by atoms with Crippen LogP contribution in [0.4, 0.5) is 4.79 Å². The third-order valence-corrected chi connectivity index (χ3v) is 2.27. The van der Waals surface area contributed by atoms with E-state index < -0.39 is 5.60 Å². The van der Waals surface area contributed by atoms with Gasteiger partial charge in [0.2, 0.25) is 0 Å². The molecule has 0 aromatic carbocycles. The maximum Gasteiger partial charge on any atom is 0.407 e. The summed E-state index contributed by atoms with van der Waals surface area (Å²) in [6, 6.07) is 0.211. The molecular formula is C11H24Cl2N2O2. The van der Waals surface area contributed by atoms with Crippen LogP contribution in [0, 0.1) is 0 Å². The molecule has 0 saturated carbocycles. The van der Waals surface area contributed by atoms with Gasteiger partial charge in [-0.1, -0.05) is 6.42 Å². The van der Waals surface area contributed by atoms with E-state index in [-0.39, 0.29) is 36.9 Å². The van der Waals surface area contributed by atoms with E-state index in [2.05, 4.69) is 10.6 Å². The molecule has 1 saturated heterocycles. The average Bonchev–Trinajstić information content (AvgIpc) is 2.28. The number of ether oxygens (including phenoxy) is 1. The average molecular weight is 287 g/mol. The maximum atomic E-state index is 11.5. The fourth-order valence-electron chi connectivity index (χ4n) is 1.62. The lowest BCUT2D eigenvalue weighted by molar-refractivity contribution is 0.0503. The topological polar surface area (TPSA) is 50.4 Å². The lowest BCUT2D eigenvalue weighted by Gasteiger charge is -2.22. The van der Waals surface area contributed by atoms with Gasteiger partial charge >= 0.3 is 6.09 Å². The second kappa shape index (κ2) is 8.84. The van der Waals surface area contributed by atoms with Gasteiger partial charge in [-0.05, 0) is 40.2 Å². The van der Waals surface area contributed by atoms with Crippen molar-refractivity contribution in [1.29, 1.82) is 0 Å². The van der Waals surface area contributed by atoms with Gasteiger partial charge in [0.25, 0.3) is 0 Å². The third-order valence-electron chi connectivity index (χ3n) is 2.27. The summed E-state index contributed by atoms with van der Waals surface area (Å²) < 4.78 is 5.20. The molecule has 1 unspecified atom stereocenters. The van der Waals surface area contributed by atoms with Crippen molar-refractivity contribution in [3.05, 3.63) is 0 Å². The molecule has 2 N–H and O–H groups in total. The van der Waals surface area contributed by atoms with Gasteiger partial charge in [-0.3, -0.25) is 0 Å². The van der Waals surface area contributed by atoms with Crippen LogP contribution >= 0.6 is 24.8 Å². The summed E-state index contributed by atoms with van der Waals surface area (Å²) in [5, 5.41) is 6.19. The van der Waals surface area contributed by atoms with E-state index in [4.69, 9.17) is 4.74 Å². The van der Waals surface area contributed by atoms with E-state index in [0.29, 0.717) is 0 Å². The number of alkyl carbamates (subject to hydrolysis) is 1. The van der Waals surface area contributed by atoms with Crippen molar-refractivity contribution in [1.82, 2.24) is 10.6 Å². The Kier molecular flexibility index (Phi) is 9.96. The number of amides is 1. The SMILES string of the molecule is CC(C)(C)OC(=O)NC1CCCCNC1.Cl.Cl. The van der Waals surface area contributed by atoms with E-state index in [1.165, 1.54) is 6.42 Å². The molecule has 17 heavy (non-hydrogen) atoms. The largest absolute Gasteiger partial charge is 0.444 e. The summed E-state index contributed by atoms with van der Waals surface area (Å²) >= 11 is 0. The molecule has 0 spiro atoms. The molecule has 1 atom stereocenters. The van der Waals surface area contributed by atoms with Crippen LogP contribution in [-0.4, -0.2) is 30.8 Å². The fourth-order valence-corrected chi connectivity index (χ4v) is 1.62. The first-order chi connectivity index (χ1) is 6.97. The van der Waals surface area contributed by atoms with E-state index >= 15 is 0 Å². The molecule has 1 aliphatic rings. The summed E-state index contributed by atoms with van der Waals surface area (Å²) in [5.41, 5.74) is -0.414. The first-order valence-electron chi connectivity index (χ1n) is 5.67. The van der Waals surface area contributed by atoms with Crippen LogP contribution in [-0.2, 0) is 4.74 Å². The quantitative estimate of drug-likeness (QED) is 0.779. The molecule has 104 valence electrons. The van der Waals surface area contributed by atoms with Gasteiger partial charge in [-0.25, -0.2) is 4.79 Å². The van der Waals surface area contributed by atoms with Gasteiger partial charge in [0, 0.05) is 12.6 Å². The summed E-state index contributed by atoms with van der Waals surface area (Å²) in [4.78, 5) is 11.5. The first-order valence-corrected chi connectivity index (χ1v) is 5.67. The van der Waals surface area contributed by atoms with E-state index in [9.17, 15) is 4.79 Å². The summed E-state index contributed by atoms with van der Waals surface area (Å²) in [7, 11) is 0. The van der Waals surface area contributed by atoms with Crippen LogP contribution in [0.1, 0.15) is 40.0 Å². The second-order valence-electron chi connectivity index (χ2n) is 5.04. The number of hydrogen-bond donors (Lipinski definition) is 2. The number of nitrogens with one attached hydrogen (secondary N) is 2. The molecule has 1 heterocycles. The minimum atomic E-state index is -0.414. The van der Waals surface area contributed by atoms with Crippen LogP contribution in [0.2, 0.25) is 0 Å². The normalized spacial score (nSPS) is 20.3. The van der Waals surface area contributed by atoms with Gasteiger partial charge in [-0.2, -0.15) is 0 Å². The summed E-state index contributed by atoms with van der Waals surface area (Å²) in [6.07, 6.45) is 3.07. The number of rotatable bonds is 1. The molecule has 1 rings (SSSR count). The highest BCUT2D eigenvalue weighted by molar-refractivity contribution is 5.85. The predicted octanol–water partition coefficient (Wildman–Crippen LogP) is 2.50. The molecule has 0 aromatic heterocycles. The van der Waals surface area contributed by atoms with Crippen LogP contribution in [0.15, 0.2) is 0 Å². The standard InChI is InChI=1S/C11H22N2O2.2ClH/c1-11(2,3)15-10(14)13-9-6-4-5-7-12-8-9;;/h9,12H,4-8H2,1-3H3,(H,13,14);2*1H. The van der Waals surface area contributed by atoms with Gasteiger partial charge in [0.05, 0.1) is 0 Å². The summed E-state index contributed by atoms with van der Waals surface area (Å²) in [5.74, 6) is 0. The number of hydrogen-bond acceptors (Lipinski definition) is 3. The Balaban J connectivity index is 0. The van der Waals surface area contributed by atoms with Crippen LogP contribution in [0.5, 0.6) is 0 Å². The Hall–Kier alpha value is -0.190. The Labute approximate surface area is 116 Å². The van der Waals surface area contributed by atoms with Crippen molar-refractivity contribution < 1.29 is 9.53 Å². The second-order valence-corrected chi connectivity index (χ2v) is 5.04. The van der Waals surface area contributed by atoms with E-state index in [0.717, 1.165) is 25.9 Å². The van der Waals surface area contributed by atoms with Gasteiger partial charge in [0.15, 0.2) is 0 Å². The molecule has 1 amide bonds. The molecule has 1 aliphatic heterocycles. The molecule has 0 bridgehead atoms. The Morgan fingerprint density at radius 3 is 2.53 bits per heavy atom. The highest BCUT2D eigenvalue weighted by Crippen LogP contribution is 2.08. The zero-order valence-corrected chi connectivity index (χ0v) is 12.4. The Morgan fingerprint density at radius 1 is 1.29 bits per heavy atom. The Morgan fingerprint density at radius 2 is 1.94 bits per heavy atom. The molecule has 0 radical (unpaired) electrons. The van der Waals surface area contributed by atoms with Gasteiger partial charge < -0.3 is 15.4 Å². The fraction of sp³-hybridized carbons (Fsp3) is 0.909. The monoisotopic (exact) mass is 286 g/mol. The summed E-state index contributed by atoms with van der Waals surface area (Å²) in [6.45, 7) is 7.51. The molecule has 1 fully saturated rings. The molecule has 6 heteroatoms. The van der Waals surface area contributed by atoms with E-state index in [1.807, 2.05) is 20.8 Å². The lowest BCUT2D eigenvalue weighted by Crippen LogP contribution is -2.43. The van der Waals surface area contributed by atoms with Crippen molar-refractivity contribution in [3.8, 4) is 0 Å². The maximum absolute atomic E-state index is 11.5. The first kappa shape index (κ1) is 19.2. The number of carbonyl (C=O) groups is 1. The van der Waals surface area contributed by atoms with Crippen LogP contribution in [0.25, 0.3) is 0 Å². The number of carbonyl (C=O) groups excluding carboxylic acids is 1. The highest BCUT2D eigenvalue weighted by atomic mass is 35.5. The van der Waals surface area contributed by atoms with Crippen LogP contribution in [0.3, 0.4) is 0 Å². The minimum Gasteiger partial charge on any atom is -0.444 e. The van der Waals surface area contributed by atoms with E-state index in [1.54, 1.807) is 0 Å². The minimum absolute atomic E-state index is 0. The third kappa shape index (κ3) is 9.51. The van der Waals surface area contributed by atoms with Gasteiger partial charge in [0.1, 0.15) is 5.60 Å². The van der Waals surface area contributed by atoms with Crippen molar-refractivity contribution >= 4 is 30.9 Å². The zero-order chi connectivity index (χ0) is 11.3. The molecule has 0 aromatic rings. The smallest absolute Gasteiger partial charge is 0.407 e.